The average molecular weight is 233 g/mol. The van der Waals surface area contributed by atoms with Crippen LogP contribution in [0.1, 0.15) is 33.2 Å². The Morgan fingerprint density at radius 1 is 1.12 bits per heavy atom. The van der Waals surface area contributed by atoms with Crippen molar-refractivity contribution in [3.8, 4) is 0 Å². The first kappa shape index (κ1) is 11.2. The van der Waals surface area contributed by atoms with Crippen LogP contribution >= 0.6 is 11.5 Å². The summed E-state index contributed by atoms with van der Waals surface area (Å²) in [5, 5.41) is 3.83. The highest BCUT2D eigenvalue weighted by Gasteiger charge is 2.14. The lowest BCUT2D eigenvalue weighted by molar-refractivity contribution is 0.874. The summed E-state index contributed by atoms with van der Waals surface area (Å²) in [5.74, 6) is 0. The van der Waals surface area contributed by atoms with E-state index in [1.54, 1.807) is 6.20 Å². The SMILES string of the molecule is Cc1cc(C)c(C(N)c2cnns2)cc1C. The fourth-order valence-corrected chi connectivity index (χ4v) is 2.31. The molecular weight excluding hydrogens is 218 g/mol. The van der Waals surface area contributed by atoms with Crippen molar-refractivity contribution in [2.45, 2.75) is 26.8 Å². The molecule has 2 N–H and O–H groups in total. The standard InChI is InChI=1S/C12H15N3S/c1-7-4-9(3)10(5-8(7)2)12(13)11-6-14-15-16-11/h4-6,12H,13H2,1-3H3. The molecule has 4 heteroatoms. The highest BCUT2D eigenvalue weighted by Crippen LogP contribution is 2.26. The van der Waals surface area contributed by atoms with E-state index in [4.69, 9.17) is 5.73 Å². The predicted octanol–water partition coefficient (Wildman–Crippen LogP) is 2.51. The molecule has 0 spiro atoms. The third kappa shape index (κ3) is 1.99. The molecule has 0 radical (unpaired) electrons. The summed E-state index contributed by atoms with van der Waals surface area (Å²) in [6, 6.07) is 4.23. The van der Waals surface area contributed by atoms with E-state index < -0.39 is 0 Å². The van der Waals surface area contributed by atoms with Crippen LogP contribution in [-0.4, -0.2) is 9.59 Å². The Kier molecular flexibility index (Phi) is 3.03. The van der Waals surface area contributed by atoms with Gasteiger partial charge in [0, 0.05) is 0 Å². The lowest BCUT2D eigenvalue weighted by Gasteiger charge is -2.14. The van der Waals surface area contributed by atoms with Crippen molar-refractivity contribution in [1.29, 1.82) is 0 Å². The van der Waals surface area contributed by atoms with Crippen LogP contribution in [-0.2, 0) is 0 Å². The second-order valence-electron chi connectivity index (χ2n) is 4.09. The van der Waals surface area contributed by atoms with Gasteiger partial charge in [0.15, 0.2) is 0 Å². The first-order chi connectivity index (χ1) is 7.59. The maximum absolute atomic E-state index is 6.21. The lowest BCUT2D eigenvalue weighted by Crippen LogP contribution is -2.12. The van der Waals surface area contributed by atoms with Crippen LogP contribution < -0.4 is 5.73 Å². The van der Waals surface area contributed by atoms with Crippen LogP contribution in [0.5, 0.6) is 0 Å². The van der Waals surface area contributed by atoms with Gasteiger partial charge in [0.05, 0.1) is 17.1 Å². The average Bonchev–Trinajstić information content (AvgIpc) is 2.75. The molecule has 1 heterocycles. The van der Waals surface area contributed by atoms with Gasteiger partial charge in [-0.05, 0) is 54.6 Å². The summed E-state index contributed by atoms with van der Waals surface area (Å²) in [6.45, 7) is 6.32. The maximum atomic E-state index is 6.21. The smallest absolute Gasteiger partial charge is 0.0681 e. The zero-order chi connectivity index (χ0) is 11.7. The first-order valence-corrected chi connectivity index (χ1v) is 5.97. The molecule has 0 saturated heterocycles. The summed E-state index contributed by atoms with van der Waals surface area (Å²) in [7, 11) is 0. The number of aryl methyl sites for hydroxylation is 3. The van der Waals surface area contributed by atoms with E-state index in [0.717, 1.165) is 10.4 Å². The zero-order valence-electron chi connectivity index (χ0n) is 9.69. The molecule has 1 atom stereocenters. The van der Waals surface area contributed by atoms with Crippen LogP contribution in [0.4, 0.5) is 0 Å². The van der Waals surface area contributed by atoms with Crippen LogP contribution in [0.3, 0.4) is 0 Å². The summed E-state index contributed by atoms with van der Waals surface area (Å²) in [5.41, 5.74) is 11.2. The van der Waals surface area contributed by atoms with Gasteiger partial charge >= 0.3 is 0 Å². The number of aromatic nitrogens is 2. The van der Waals surface area contributed by atoms with E-state index in [9.17, 15) is 0 Å². The lowest BCUT2D eigenvalue weighted by atomic mass is 9.96. The molecule has 0 bridgehead atoms. The van der Waals surface area contributed by atoms with E-state index in [1.807, 2.05) is 0 Å². The molecule has 1 unspecified atom stereocenters. The molecule has 3 nitrogen and oxygen atoms in total. The van der Waals surface area contributed by atoms with E-state index in [-0.39, 0.29) is 6.04 Å². The monoisotopic (exact) mass is 233 g/mol. The Labute approximate surface area is 99.5 Å². The van der Waals surface area contributed by atoms with Crippen molar-refractivity contribution in [2.24, 2.45) is 5.73 Å². The molecule has 1 aromatic heterocycles. The summed E-state index contributed by atoms with van der Waals surface area (Å²) in [6.07, 6.45) is 1.74. The Balaban J connectivity index is 2.44. The van der Waals surface area contributed by atoms with Crippen molar-refractivity contribution in [3.05, 3.63) is 45.5 Å². The number of hydrogen-bond acceptors (Lipinski definition) is 4. The van der Waals surface area contributed by atoms with Gasteiger partial charge in [-0.2, -0.15) is 0 Å². The molecule has 2 rings (SSSR count). The van der Waals surface area contributed by atoms with Crippen LogP contribution in [0, 0.1) is 20.8 Å². The Morgan fingerprint density at radius 3 is 2.44 bits per heavy atom. The highest BCUT2D eigenvalue weighted by atomic mass is 32.1. The molecular formula is C12H15N3S. The maximum Gasteiger partial charge on any atom is 0.0681 e. The molecule has 0 saturated carbocycles. The Morgan fingerprint density at radius 2 is 1.81 bits per heavy atom. The van der Waals surface area contributed by atoms with Crippen LogP contribution in [0.25, 0.3) is 0 Å². The summed E-state index contributed by atoms with van der Waals surface area (Å²) >= 11 is 1.36. The van der Waals surface area contributed by atoms with Gasteiger partial charge < -0.3 is 5.73 Å². The number of nitrogens with two attached hydrogens (primary N) is 1. The van der Waals surface area contributed by atoms with Crippen molar-refractivity contribution < 1.29 is 0 Å². The quantitative estimate of drug-likeness (QED) is 0.867. The minimum Gasteiger partial charge on any atom is -0.320 e. The molecule has 0 aliphatic carbocycles. The van der Waals surface area contributed by atoms with Gasteiger partial charge in [0.2, 0.25) is 0 Å². The fourth-order valence-electron chi connectivity index (χ4n) is 1.78. The molecule has 0 amide bonds. The fraction of sp³-hybridized carbons (Fsp3) is 0.333. The first-order valence-electron chi connectivity index (χ1n) is 5.20. The third-order valence-corrected chi connectivity index (χ3v) is 3.65. The molecule has 16 heavy (non-hydrogen) atoms. The van der Waals surface area contributed by atoms with Crippen molar-refractivity contribution in [3.63, 3.8) is 0 Å². The van der Waals surface area contributed by atoms with Crippen LogP contribution in [0.2, 0.25) is 0 Å². The Bertz CT molecular complexity index is 491. The van der Waals surface area contributed by atoms with Crippen molar-refractivity contribution in [2.75, 3.05) is 0 Å². The third-order valence-electron chi connectivity index (χ3n) is 2.90. The summed E-state index contributed by atoms with van der Waals surface area (Å²) in [4.78, 5) is 1.01. The van der Waals surface area contributed by atoms with Gasteiger partial charge in [-0.1, -0.05) is 16.6 Å². The van der Waals surface area contributed by atoms with Crippen molar-refractivity contribution >= 4 is 11.5 Å². The minimum atomic E-state index is -0.112. The van der Waals surface area contributed by atoms with Gasteiger partial charge in [-0.3, -0.25) is 0 Å². The van der Waals surface area contributed by atoms with Crippen molar-refractivity contribution in [1.82, 2.24) is 9.59 Å². The molecule has 84 valence electrons. The van der Waals surface area contributed by atoms with Gasteiger partial charge in [0.25, 0.3) is 0 Å². The van der Waals surface area contributed by atoms with E-state index in [2.05, 4.69) is 42.5 Å². The van der Waals surface area contributed by atoms with Gasteiger partial charge in [-0.25, -0.2) is 0 Å². The predicted molar refractivity (Wildman–Crippen MR) is 66.6 cm³/mol. The topological polar surface area (TPSA) is 51.8 Å². The molecule has 0 aliphatic heterocycles. The van der Waals surface area contributed by atoms with E-state index in [1.165, 1.54) is 28.2 Å². The number of nitrogens with zero attached hydrogens (tertiary/aromatic N) is 2. The minimum absolute atomic E-state index is 0.112. The summed E-state index contributed by atoms with van der Waals surface area (Å²) < 4.78 is 3.85. The normalized spacial score (nSPS) is 12.8. The molecule has 0 aliphatic rings. The van der Waals surface area contributed by atoms with Gasteiger partial charge in [0.1, 0.15) is 0 Å². The second kappa shape index (κ2) is 4.31. The molecule has 2 aromatic rings. The zero-order valence-corrected chi connectivity index (χ0v) is 10.5. The number of benzene rings is 1. The van der Waals surface area contributed by atoms with E-state index >= 15 is 0 Å². The Hall–Kier alpha value is -1.26. The van der Waals surface area contributed by atoms with Crippen LogP contribution in [0.15, 0.2) is 18.3 Å². The second-order valence-corrected chi connectivity index (χ2v) is 4.91. The number of rotatable bonds is 2. The molecule has 0 fully saturated rings. The largest absolute Gasteiger partial charge is 0.320 e. The number of hydrogen-bond donors (Lipinski definition) is 1. The van der Waals surface area contributed by atoms with Gasteiger partial charge in [-0.15, -0.1) is 5.10 Å². The molecule has 1 aromatic carbocycles. The van der Waals surface area contributed by atoms with E-state index in [0.29, 0.717) is 0 Å². The highest BCUT2D eigenvalue weighted by molar-refractivity contribution is 7.05.